The number of ether oxygens (including phenoxy) is 1. The van der Waals surface area contributed by atoms with Crippen molar-refractivity contribution in [3.8, 4) is 0 Å². The van der Waals surface area contributed by atoms with E-state index < -0.39 is 5.97 Å². The molecule has 3 rings (SSSR count). The summed E-state index contributed by atoms with van der Waals surface area (Å²) < 4.78 is 5.24. The molecule has 0 unspecified atom stereocenters. The Bertz CT molecular complexity index is 942. The zero-order valence-electron chi connectivity index (χ0n) is 16.6. The van der Waals surface area contributed by atoms with E-state index in [4.69, 9.17) is 4.74 Å². The monoisotopic (exact) mass is 380 g/mol. The van der Waals surface area contributed by atoms with Gasteiger partial charge in [-0.15, -0.1) is 0 Å². The smallest absolute Gasteiger partial charge is 0.338 e. The molecule has 0 spiro atoms. The average Bonchev–Trinajstić information content (AvgIpc) is 3.04. The lowest BCUT2D eigenvalue weighted by atomic mass is 9.97. The summed E-state index contributed by atoms with van der Waals surface area (Å²) in [6.45, 7) is 8.46. The molecule has 0 saturated carbocycles. The average molecular weight is 380 g/mol. The summed E-state index contributed by atoms with van der Waals surface area (Å²) in [4.78, 5) is 38.4. The zero-order valence-corrected chi connectivity index (χ0v) is 16.6. The van der Waals surface area contributed by atoms with Crippen molar-refractivity contribution in [3.63, 3.8) is 0 Å². The SMILES string of the molecule is Cc1cc(C)c(C(=O)COC(=O)c2ccc(N3CCNC3=O)c(C)c2)c(C)c1. The Hall–Kier alpha value is -3.15. The quantitative estimate of drug-likeness (QED) is 0.636. The lowest BCUT2D eigenvalue weighted by Gasteiger charge is -2.17. The number of hydrogen-bond acceptors (Lipinski definition) is 4. The van der Waals surface area contributed by atoms with Crippen LogP contribution < -0.4 is 10.2 Å². The molecule has 0 bridgehead atoms. The van der Waals surface area contributed by atoms with Gasteiger partial charge in [-0.1, -0.05) is 17.7 Å². The molecule has 1 fully saturated rings. The second kappa shape index (κ2) is 7.84. The van der Waals surface area contributed by atoms with E-state index in [1.807, 2.05) is 39.8 Å². The summed E-state index contributed by atoms with van der Waals surface area (Å²) in [5, 5.41) is 2.75. The highest BCUT2D eigenvalue weighted by Crippen LogP contribution is 2.23. The van der Waals surface area contributed by atoms with Crippen LogP contribution in [0, 0.1) is 27.7 Å². The minimum absolute atomic E-state index is 0.145. The number of esters is 1. The molecule has 2 aromatic carbocycles. The summed E-state index contributed by atoms with van der Waals surface area (Å²) in [5.41, 5.74) is 5.35. The van der Waals surface area contributed by atoms with Crippen LogP contribution in [-0.2, 0) is 4.74 Å². The van der Waals surface area contributed by atoms with Gasteiger partial charge >= 0.3 is 12.0 Å². The van der Waals surface area contributed by atoms with Crippen molar-refractivity contribution in [1.82, 2.24) is 5.32 Å². The highest BCUT2D eigenvalue weighted by molar-refractivity contribution is 6.02. The number of carbonyl (C=O) groups excluding carboxylic acids is 3. The van der Waals surface area contributed by atoms with E-state index in [1.54, 1.807) is 23.1 Å². The number of amides is 2. The molecule has 1 heterocycles. The van der Waals surface area contributed by atoms with Crippen molar-refractivity contribution < 1.29 is 19.1 Å². The highest BCUT2D eigenvalue weighted by atomic mass is 16.5. The van der Waals surface area contributed by atoms with Crippen LogP contribution >= 0.6 is 0 Å². The fourth-order valence-electron chi connectivity index (χ4n) is 3.69. The van der Waals surface area contributed by atoms with Gasteiger partial charge < -0.3 is 10.1 Å². The van der Waals surface area contributed by atoms with E-state index in [2.05, 4.69) is 5.32 Å². The number of nitrogens with zero attached hydrogens (tertiary/aromatic N) is 1. The Kier molecular flexibility index (Phi) is 5.49. The maximum atomic E-state index is 12.5. The Balaban J connectivity index is 1.69. The lowest BCUT2D eigenvalue weighted by Crippen LogP contribution is -2.28. The van der Waals surface area contributed by atoms with E-state index in [0.717, 1.165) is 27.9 Å². The molecule has 1 aliphatic heterocycles. The van der Waals surface area contributed by atoms with Gasteiger partial charge in [0.05, 0.1) is 5.56 Å². The number of carbonyl (C=O) groups is 3. The van der Waals surface area contributed by atoms with E-state index >= 15 is 0 Å². The zero-order chi connectivity index (χ0) is 20.4. The van der Waals surface area contributed by atoms with Gasteiger partial charge in [-0.05, 0) is 62.6 Å². The van der Waals surface area contributed by atoms with Crippen LogP contribution in [0.2, 0.25) is 0 Å². The van der Waals surface area contributed by atoms with Crippen LogP contribution in [0.25, 0.3) is 0 Å². The van der Waals surface area contributed by atoms with Crippen LogP contribution in [0.4, 0.5) is 10.5 Å². The molecular formula is C22H24N2O4. The first-order chi connectivity index (χ1) is 13.3. The normalized spacial score (nSPS) is 13.4. The number of benzene rings is 2. The first kappa shape index (κ1) is 19.6. The predicted octanol–water partition coefficient (Wildman–Crippen LogP) is 3.49. The van der Waals surface area contributed by atoms with Crippen molar-refractivity contribution in [2.75, 3.05) is 24.6 Å². The third-order valence-electron chi connectivity index (χ3n) is 4.87. The number of rotatable bonds is 5. The molecule has 1 aliphatic rings. The molecule has 146 valence electrons. The van der Waals surface area contributed by atoms with E-state index in [9.17, 15) is 14.4 Å². The standard InChI is InChI=1S/C22H24N2O4/c1-13-9-15(3)20(16(4)10-13)19(25)12-28-21(26)17-5-6-18(14(2)11-17)24-8-7-23-22(24)27/h5-6,9-11H,7-8,12H2,1-4H3,(H,23,27). The Morgan fingerprint density at radius 3 is 2.29 bits per heavy atom. The molecule has 6 heteroatoms. The lowest BCUT2D eigenvalue weighted by molar-refractivity contribution is 0.0474. The van der Waals surface area contributed by atoms with Crippen molar-refractivity contribution in [3.05, 3.63) is 63.7 Å². The maximum absolute atomic E-state index is 12.5. The number of hydrogen-bond donors (Lipinski definition) is 1. The summed E-state index contributed by atoms with van der Waals surface area (Å²) in [6, 6.07) is 8.76. The molecule has 0 radical (unpaired) electrons. The molecule has 2 amide bonds. The van der Waals surface area contributed by atoms with Gasteiger partial charge in [0.25, 0.3) is 0 Å². The number of anilines is 1. The number of urea groups is 1. The van der Waals surface area contributed by atoms with E-state index in [1.165, 1.54) is 0 Å². The minimum Gasteiger partial charge on any atom is -0.454 e. The summed E-state index contributed by atoms with van der Waals surface area (Å²) in [7, 11) is 0. The molecule has 0 aromatic heterocycles. The fourth-order valence-corrected chi connectivity index (χ4v) is 3.69. The Morgan fingerprint density at radius 2 is 1.71 bits per heavy atom. The topological polar surface area (TPSA) is 75.7 Å². The number of aryl methyl sites for hydroxylation is 4. The Labute approximate surface area is 164 Å². The van der Waals surface area contributed by atoms with Gasteiger partial charge in [-0.3, -0.25) is 9.69 Å². The molecule has 0 atom stereocenters. The van der Waals surface area contributed by atoms with Gasteiger partial charge in [-0.2, -0.15) is 0 Å². The Morgan fingerprint density at radius 1 is 1.04 bits per heavy atom. The maximum Gasteiger partial charge on any atom is 0.338 e. The summed E-state index contributed by atoms with van der Waals surface area (Å²) >= 11 is 0. The second-order valence-corrected chi connectivity index (χ2v) is 7.16. The molecule has 6 nitrogen and oxygen atoms in total. The van der Waals surface area contributed by atoms with Gasteiger partial charge in [0, 0.05) is 24.3 Å². The highest BCUT2D eigenvalue weighted by Gasteiger charge is 2.23. The number of ketones is 1. The predicted molar refractivity (Wildman–Crippen MR) is 107 cm³/mol. The molecule has 2 aromatic rings. The van der Waals surface area contributed by atoms with Crippen molar-refractivity contribution in [2.45, 2.75) is 27.7 Å². The second-order valence-electron chi connectivity index (χ2n) is 7.16. The molecule has 1 N–H and O–H groups in total. The van der Waals surface area contributed by atoms with Crippen LogP contribution in [0.15, 0.2) is 30.3 Å². The summed E-state index contributed by atoms with van der Waals surface area (Å²) in [5.74, 6) is -0.776. The van der Waals surface area contributed by atoms with E-state index in [0.29, 0.717) is 24.2 Å². The van der Waals surface area contributed by atoms with Crippen molar-refractivity contribution in [1.29, 1.82) is 0 Å². The van der Waals surface area contributed by atoms with E-state index in [-0.39, 0.29) is 18.4 Å². The number of Topliss-reactive ketones (excluding diaryl/α,β-unsaturated/α-hetero) is 1. The van der Waals surface area contributed by atoms with Gasteiger partial charge in [0.1, 0.15) is 0 Å². The van der Waals surface area contributed by atoms with Crippen LogP contribution in [-0.4, -0.2) is 37.5 Å². The van der Waals surface area contributed by atoms with Crippen molar-refractivity contribution >= 4 is 23.5 Å². The molecule has 0 aliphatic carbocycles. The molecule has 28 heavy (non-hydrogen) atoms. The summed E-state index contributed by atoms with van der Waals surface area (Å²) in [6.07, 6.45) is 0. The van der Waals surface area contributed by atoms with Crippen LogP contribution in [0.5, 0.6) is 0 Å². The van der Waals surface area contributed by atoms with Crippen molar-refractivity contribution in [2.24, 2.45) is 0 Å². The fraction of sp³-hybridized carbons (Fsp3) is 0.318. The van der Waals surface area contributed by atoms with Gasteiger partial charge in [0.2, 0.25) is 5.78 Å². The first-order valence-corrected chi connectivity index (χ1v) is 9.22. The third-order valence-corrected chi connectivity index (χ3v) is 4.87. The van der Waals surface area contributed by atoms with Gasteiger partial charge in [0.15, 0.2) is 6.61 Å². The first-order valence-electron chi connectivity index (χ1n) is 9.22. The molecule has 1 saturated heterocycles. The van der Waals surface area contributed by atoms with Gasteiger partial charge in [-0.25, -0.2) is 9.59 Å². The van der Waals surface area contributed by atoms with Crippen LogP contribution in [0.3, 0.4) is 0 Å². The third kappa shape index (κ3) is 3.91. The minimum atomic E-state index is -0.559. The van der Waals surface area contributed by atoms with Crippen LogP contribution in [0.1, 0.15) is 43.0 Å². The number of nitrogens with one attached hydrogen (secondary N) is 1. The molecular weight excluding hydrogens is 356 g/mol. The largest absolute Gasteiger partial charge is 0.454 e.